The van der Waals surface area contributed by atoms with Crippen molar-refractivity contribution in [2.75, 3.05) is 19.6 Å². The molecule has 0 amide bonds. The molecular formula is C18H19FN2O2S. The van der Waals surface area contributed by atoms with Gasteiger partial charge in [0.15, 0.2) is 0 Å². The molecule has 2 aliphatic heterocycles. The predicted molar refractivity (Wildman–Crippen MR) is 89.3 cm³/mol. The van der Waals surface area contributed by atoms with Crippen molar-refractivity contribution in [3.63, 3.8) is 0 Å². The zero-order valence-electron chi connectivity index (χ0n) is 13.2. The van der Waals surface area contributed by atoms with Crippen LogP contribution in [0.3, 0.4) is 0 Å². The lowest BCUT2D eigenvalue weighted by atomic mass is 9.91. The smallest absolute Gasteiger partial charge is 0.243 e. The van der Waals surface area contributed by atoms with Gasteiger partial charge in [0.2, 0.25) is 10.0 Å². The van der Waals surface area contributed by atoms with Crippen molar-refractivity contribution in [1.29, 1.82) is 0 Å². The first kappa shape index (κ1) is 15.7. The lowest BCUT2D eigenvalue weighted by molar-refractivity contribution is 0.0425. The largest absolute Gasteiger partial charge is 0.294 e. The summed E-state index contributed by atoms with van der Waals surface area (Å²) in [6.45, 7) is 2.39. The Balaban J connectivity index is 1.47. The first-order chi connectivity index (χ1) is 11.6. The van der Waals surface area contributed by atoms with Gasteiger partial charge < -0.3 is 0 Å². The lowest BCUT2D eigenvalue weighted by Gasteiger charge is -2.43. The molecule has 0 unspecified atom stereocenters. The summed E-state index contributed by atoms with van der Waals surface area (Å²) < 4.78 is 40.8. The summed E-state index contributed by atoms with van der Waals surface area (Å²) in [5, 5.41) is 0. The van der Waals surface area contributed by atoms with Gasteiger partial charge in [0.1, 0.15) is 5.82 Å². The third-order valence-corrected chi connectivity index (χ3v) is 6.87. The number of likely N-dealkylation sites (tertiary alicyclic amines) is 1. The number of hydrogen-bond acceptors (Lipinski definition) is 3. The van der Waals surface area contributed by atoms with Crippen molar-refractivity contribution in [3.8, 4) is 0 Å². The molecule has 2 atom stereocenters. The number of halogens is 1. The minimum Gasteiger partial charge on any atom is -0.294 e. The molecule has 0 spiro atoms. The van der Waals surface area contributed by atoms with Crippen LogP contribution in [0, 0.1) is 11.7 Å². The highest BCUT2D eigenvalue weighted by Crippen LogP contribution is 2.36. The molecule has 2 aliphatic rings. The molecule has 4 rings (SSSR count). The second-order valence-electron chi connectivity index (χ2n) is 6.48. The van der Waals surface area contributed by atoms with E-state index in [0.29, 0.717) is 36.0 Å². The summed E-state index contributed by atoms with van der Waals surface area (Å²) in [6.07, 6.45) is 0. The third-order valence-electron chi connectivity index (χ3n) is 5.02. The molecule has 2 heterocycles. The van der Waals surface area contributed by atoms with E-state index in [4.69, 9.17) is 0 Å². The third kappa shape index (κ3) is 2.64. The van der Waals surface area contributed by atoms with Gasteiger partial charge in [0.25, 0.3) is 0 Å². The number of nitrogens with zero attached hydrogens (tertiary/aromatic N) is 2. The van der Waals surface area contributed by atoms with Crippen LogP contribution >= 0.6 is 0 Å². The zero-order valence-corrected chi connectivity index (χ0v) is 14.0. The van der Waals surface area contributed by atoms with Gasteiger partial charge in [-0.15, -0.1) is 0 Å². The van der Waals surface area contributed by atoms with E-state index in [-0.39, 0.29) is 11.9 Å². The van der Waals surface area contributed by atoms with Crippen LogP contribution in [0.25, 0.3) is 0 Å². The number of sulfonamides is 1. The van der Waals surface area contributed by atoms with E-state index in [1.807, 2.05) is 12.1 Å². The molecule has 6 heteroatoms. The van der Waals surface area contributed by atoms with Gasteiger partial charge in [-0.25, -0.2) is 12.8 Å². The SMILES string of the molecule is O=S(=O)(c1ccccc1)N1C[C@@H]2CN(Cc3ccccc3F)[C@H]2C1. The van der Waals surface area contributed by atoms with E-state index >= 15 is 0 Å². The summed E-state index contributed by atoms with van der Waals surface area (Å²) in [7, 11) is -3.44. The van der Waals surface area contributed by atoms with Gasteiger partial charge in [0, 0.05) is 43.7 Å². The van der Waals surface area contributed by atoms with Gasteiger partial charge >= 0.3 is 0 Å². The summed E-state index contributed by atoms with van der Waals surface area (Å²) in [5.41, 5.74) is 0.667. The summed E-state index contributed by atoms with van der Waals surface area (Å²) >= 11 is 0. The monoisotopic (exact) mass is 346 g/mol. The molecule has 0 radical (unpaired) electrons. The van der Waals surface area contributed by atoms with Crippen LogP contribution in [0.5, 0.6) is 0 Å². The van der Waals surface area contributed by atoms with E-state index in [9.17, 15) is 12.8 Å². The van der Waals surface area contributed by atoms with E-state index in [0.717, 1.165) is 6.54 Å². The fourth-order valence-electron chi connectivity index (χ4n) is 3.67. The normalized spacial score (nSPS) is 24.5. The van der Waals surface area contributed by atoms with Crippen LogP contribution in [-0.2, 0) is 16.6 Å². The molecule has 2 aromatic carbocycles. The fraction of sp³-hybridized carbons (Fsp3) is 0.333. The highest BCUT2D eigenvalue weighted by Gasteiger charge is 2.48. The Morgan fingerprint density at radius 2 is 1.67 bits per heavy atom. The number of fused-ring (bicyclic) bond motifs is 1. The Kier molecular flexibility index (Phi) is 3.90. The van der Waals surface area contributed by atoms with E-state index in [2.05, 4.69) is 4.90 Å². The molecule has 126 valence electrons. The number of rotatable bonds is 4. The Labute approximate surface area is 141 Å². The van der Waals surface area contributed by atoms with Gasteiger partial charge in [-0.2, -0.15) is 4.31 Å². The molecule has 0 aliphatic carbocycles. The quantitative estimate of drug-likeness (QED) is 0.853. The second kappa shape index (κ2) is 5.95. The minimum atomic E-state index is -3.44. The van der Waals surface area contributed by atoms with Crippen LogP contribution in [0.15, 0.2) is 59.5 Å². The van der Waals surface area contributed by atoms with Gasteiger partial charge in [-0.1, -0.05) is 36.4 Å². The maximum atomic E-state index is 13.8. The minimum absolute atomic E-state index is 0.183. The maximum absolute atomic E-state index is 13.8. The Hall–Kier alpha value is -1.76. The number of benzene rings is 2. The highest BCUT2D eigenvalue weighted by atomic mass is 32.2. The van der Waals surface area contributed by atoms with Gasteiger partial charge in [-0.3, -0.25) is 4.90 Å². The summed E-state index contributed by atoms with van der Waals surface area (Å²) in [6, 6.07) is 15.5. The molecule has 0 saturated carbocycles. The average Bonchev–Trinajstić information content (AvgIpc) is 2.93. The van der Waals surface area contributed by atoms with E-state index in [1.165, 1.54) is 6.07 Å². The molecule has 24 heavy (non-hydrogen) atoms. The van der Waals surface area contributed by atoms with E-state index < -0.39 is 10.0 Å². The Bertz CT molecular complexity index is 841. The molecule has 2 saturated heterocycles. The van der Waals surface area contributed by atoms with Crippen molar-refractivity contribution in [2.24, 2.45) is 5.92 Å². The molecule has 2 aromatic rings. The van der Waals surface area contributed by atoms with Crippen LogP contribution in [0.4, 0.5) is 4.39 Å². The molecule has 0 bridgehead atoms. The van der Waals surface area contributed by atoms with Gasteiger partial charge in [-0.05, 0) is 18.2 Å². The lowest BCUT2D eigenvalue weighted by Crippen LogP contribution is -2.54. The van der Waals surface area contributed by atoms with Crippen LogP contribution < -0.4 is 0 Å². The Morgan fingerprint density at radius 1 is 0.958 bits per heavy atom. The molecule has 0 aromatic heterocycles. The Morgan fingerprint density at radius 3 is 2.42 bits per heavy atom. The van der Waals surface area contributed by atoms with Crippen molar-refractivity contribution < 1.29 is 12.8 Å². The van der Waals surface area contributed by atoms with Crippen molar-refractivity contribution in [3.05, 3.63) is 66.0 Å². The molecule has 4 nitrogen and oxygen atoms in total. The van der Waals surface area contributed by atoms with E-state index in [1.54, 1.807) is 40.7 Å². The molecule has 2 fully saturated rings. The number of hydrogen-bond donors (Lipinski definition) is 0. The van der Waals surface area contributed by atoms with Crippen LogP contribution in [0.2, 0.25) is 0 Å². The van der Waals surface area contributed by atoms with Crippen LogP contribution in [-0.4, -0.2) is 43.3 Å². The predicted octanol–water partition coefficient (Wildman–Crippen LogP) is 2.33. The average molecular weight is 346 g/mol. The topological polar surface area (TPSA) is 40.6 Å². The molecule has 0 N–H and O–H groups in total. The van der Waals surface area contributed by atoms with Gasteiger partial charge in [0.05, 0.1) is 4.90 Å². The van der Waals surface area contributed by atoms with Crippen molar-refractivity contribution in [1.82, 2.24) is 9.21 Å². The first-order valence-corrected chi connectivity index (χ1v) is 9.52. The summed E-state index contributed by atoms with van der Waals surface area (Å²) in [5.74, 6) is 0.142. The maximum Gasteiger partial charge on any atom is 0.243 e. The fourth-order valence-corrected chi connectivity index (χ4v) is 5.21. The second-order valence-corrected chi connectivity index (χ2v) is 8.42. The highest BCUT2D eigenvalue weighted by molar-refractivity contribution is 7.89. The van der Waals surface area contributed by atoms with Crippen molar-refractivity contribution in [2.45, 2.75) is 17.5 Å². The zero-order chi connectivity index (χ0) is 16.7. The summed E-state index contributed by atoms with van der Waals surface area (Å²) in [4.78, 5) is 2.51. The first-order valence-electron chi connectivity index (χ1n) is 8.08. The van der Waals surface area contributed by atoms with Crippen LogP contribution in [0.1, 0.15) is 5.56 Å². The van der Waals surface area contributed by atoms with Crippen molar-refractivity contribution >= 4 is 10.0 Å². The standard InChI is InChI=1S/C18H19FN2O2S/c19-17-9-5-4-6-14(17)10-20-11-15-12-21(13-18(15)20)24(22,23)16-7-2-1-3-8-16/h1-9,15,18H,10-13H2/t15-,18-/m0/s1. The molecular weight excluding hydrogens is 327 g/mol.